The minimum absolute atomic E-state index is 0.479. The van der Waals surface area contributed by atoms with Crippen molar-refractivity contribution >= 4 is 0 Å². The molecule has 0 aromatic carbocycles. The Labute approximate surface area is 94.2 Å². The van der Waals surface area contributed by atoms with E-state index in [2.05, 4.69) is 24.1 Å². The van der Waals surface area contributed by atoms with Gasteiger partial charge < -0.3 is 10.1 Å². The molecule has 0 radical (unpaired) electrons. The molecule has 0 bridgehead atoms. The summed E-state index contributed by atoms with van der Waals surface area (Å²) in [5, 5.41) is 3.36. The van der Waals surface area contributed by atoms with E-state index >= 15 is 0 Å². The summed E-state index contributed by atoms with van der Waals surface area (Å²) in [6.45, 7) is 11.0. The van der Waals surface area contributed by atoms with Gasteiger partial charge in [0, 0.05) is 13.1 Å². The minimum Gasteiger partial charge on any atom is -0.376 e. The lowest BCUT2D eigenvalue weighted by Crippen LogP contribution is -2.42. The van der Waals surface area contributed by atoms with E-state index in [4.69, 9.17) is 4.74 Å². The van der Waals surface area contributed by atoms with Crippen molar-refractivity contribution in [3.05, 3.63) is 0 Å². The van der Waals surface area contributed by atoms with Gasteiger partial charge in [-0.25, -0.2) is 0 Å². The Balaban J connectivity index is 2.00. The summed E-state index contributed by atoms with van der Waals surface area (Å²) in [4.78, 5) is 2.55. The first-order valence-corrected chi connectivity index (χ1v) is 6.41. The van der Waals surface area contributed by atoms with Crippen LogP contribution < -0.4 is 5.32 Å². The predicted molar refractivity (Wildman–Crippen MR) is 64.2 cm³/mol. The van der Waals surface area contributed by atoms with Crippen molar-refractivity contribution in [2.45, 2.75) is 39.2 Å². The van der Waals surface area contributed by atoms with Crippen molar-refractivity contribution in [2.75, 3.05) is 39.3 Å². The van der Waals surface area contributed by atoms with E-state index in [1.54, 1.807) is 0 Å². The maximum atomic E-state index is 5.65. The third-order valence-corrected chi connectivity index (χ3v) is 3.01. The van der Waals surface area contributed by atoms with Crippen molar-refractivity contribution in [1.82, 2.24) is 10.2 Å². The fourth-order valence-electron chi connectivity index (χ4n) is 1.99. The number of rotatable bonds is 7. The van der Waals surface area contributed by atoms with Gasteiger partial charge in [-0.2, -0.15) is 0 Å². The Morgan fingerprint density at radius 3 is 2.93 bits per heavy atom. The molecule has 0 spiro atoms. The zero-order chi connectivity index (χ0) is 10.9. The number of nitrogens with one attached hydrogen (secondary N) is 1. The SMILES string of the molecule is CCNCCCCN1CCOC(CC)C1. The van der Waals surface area contributed by atoms with Gasteiger partial charge in [-0.1, -0.05) is 13.8 Å². The largest absolute Gasteiger partial charge is 0.376 e. The third kappa shape index (κ3) is 5.50. The average molecular weight is 214 g/mol. The van der Waals surface area contributed by atoms with Crippen LogP contribution in [0.25, 0.3) is 0 Å². The van der Waals surface area contributed by atoms with Gasteiger partial charge in [0.25, 0.3) is 0 Å². The van der Waals surface area contributed by atoms with Gasteiger partial charge in [-0.3, -0.25) is 4.90 Å². The van der Waals surface area contributed by atoms with Crippen molar-refractivity contribution in [1.29, 1.82) is 0 Å². The van der Waals surface area contributed by atoms with Crippen LogP contribution >= 0.6 is 0 Å². The lowest BCUT2D eigenvalue weighted by Gasteiger charge is -2.32. The Hall–Kier alpha value is -0.120. The third-order valence-electron chi connectivity index (χ3n) is 3.01. The number of ether oxygens (including phenoxy) is 1. The highest BCUT2D eigenvalue weighted by molar-refractivity contribution is 4.70. The fraction of sp³-hybridized carbons (Fsp3) is 1.00. The maximum Gasteiger partial charge on any atom is 0.0700 e. The second kappa shape index (κ2) is 8.08. The zero-order valence-electron chi connectivity index (χ0n) is 10.3. The van der Waals surface area contributed by atoms with Crippen LogP contribution in [0.1, 0.15) is 33.1 Å². The summed E-state index contributed by atoms with van der Waals surface area (Å²) >= 11 is 0. The topological polar surface area (TPSA) is 24.5 Å². The quantitative estimate of drug-likeness (QED) is 0.650. The number of hydrogen-bond acceptors (Lipinski definition) is 3. The van der Waals surface area contributed by atoms with Crippen LogP contribution in [0.3, 0.4) is 0 Å². The summed E-state index contributed by atoms with van der Waals surface area (Å²) in [6.07, 6.45) is 4.23. The molecule has 1 atom stereocenters. The molecule has 1 rings (SSSR count). The van der Waals surface area contributed by atoms with Crippen LogP contribution in [-0.2, 0) is 4.74 Å². The summed E-state index contributed by atoms with van der Waals surface area (Å²) in [5.41, 5.74) is 0. The van der Waals surface area contributed by atoms with E-state index in [-0.39, 0.29) is 0 Å². The second-order valence-corrected chi connectivity index (χ2v) is 4.26. The van der Waals surface area contributed by atoms with E-state index in [0.29, 0.717) is 6.10 Å². The summed E-state index contributed by atoms with van der Waals surface area (Å²) in [5.74, 6) is 0. The van der Waals surface area contributed by atoms with Gasteiger partial charge >= 0.3 is 0 Å². The molecule has 3 nitrogen and oxygen atoms in total. The monoisotopic (exact) mass is 214 g/mol. The second-order valence-electron chi connectivity index (χ2n) is 4.26. The van der Waals surface area contributed by atoms with Crippen LogP contribution in [0.5, 0.6) is 0 Å². The molecule has 15 heavy (non-hydrogen) atoms. The predicted octanol–water partition coefficient (Wildman–Crippen LogP) is 1.49. The first-order chi connectivity index (χ1) is 7.36. The minimum atomic E-state index is 0.479. The molecule has 1 N–H and O–H groups in total. The molecule has 3 heteroatoms. The average Bonchev–Trinajstić information content (AvgIpc) is 2.29. The molecular weight excluding hydrogens is 188 g/mol. The number of morpholine rings is 1. The molecule has 0 aromatic rings. The summed E-state index contributed by atoms with van der Waals surface area (Å²) < 4.78 is 5.65. The molecule has 1 unspecified atom stereocenters. The molecule has 1 heterocycles. The van der Waals surface area contributed by atoms with E-state index in [1.165, 1.54) is 19.4 Å². The number of nitrogens with zero attached hydrogens (tertiary/aromatic N) is 1. The van der Waals surface area contributed by atoms with Crippen molar-refractivity contribution in [2.24, 2.45) is 0 Å². The van der Waals surface area contributed by atoms with Gasteiger partial charge in [-0.05, 0) is 38.9 Å². The van der Waals surface area contributed by atoms with E-state index in [9.17, 15) is 0 Å². The molecule has 0 saturated carbocycles. The molecule has 90 valence electrons. The van der Waals surface area contributed by atoms with Crippen LogP contribution in [0.2, 0.25) is 0 Å². The Morgan fingerprint density at radius 1 is 1.33 bits per heavy atom. The van der Waals surface area contributed by atoms with Crippen LogP contribution in [0, 0.1) is 0 Å². The molecule has 1 aliphatic rings. The molecule has 0 aromatic heterocycles. The van der Waals surface area contributed by atoms with Gasteiger partial charge in [0.1, 0.15) is 0 Å². The standard InChI is InChI=1S/C12H26N2O/c1-3-12-11-14(9-10-15-12)8-6-5-7-13-4-2/h12-13H,3-11H2,1-2H3. The van der Waals surface area contributed by atoms with Crippen molar-refractivity contribution in [3.8, 4) is 0 Å². The first kappa shape index (κ1) is 12.9. The van der Waals surface area contributed by atoms with Gasteiger partial charge in [0.15, 0.2) is 0 Å². The number of hydrogen-bond donors (Lipinski definition) is 1. The Bertz CT molecular complexity index is 153. The first-order valence-electron chi connectivity index (χ1n) is 6.41. The summed E-state index contributed by atoms with van der Waals surface area (Å²) in [7, 11) is 0. The molecule has 1 aliphatic heterocycles. The van der Waals surface area contributed by atoms with Gasteiger partial charge in [0.2, 0.25) is 0 Å². The van der Waals surface area contributed by atoms with E-state index in [0.717, 1.165) is 39.2 Å². The van der Waals surface area contributed by atoms with Gasteiger partial charge in [0.05, 0.1) is 12.7 Å². The lowest BCUT2D eigenvalue weighted by molar-refractivity contribution is -0.0299. The normalized spacial score (nSPS) is 23.2. The molecule has 1 saturated heterocycles. The molecule has 0 amide bonds. The smallest absolute Gasteiger partial charge is 0.0700 e. The Morgan fingerprint density at radius 2 is 2.20 bits per heavy atom. The van der Waals surface area contributed by atoms with Gasteiger partial charge in [-0.15, -0.1) is 0 Å². The number of unbranched alkanes of at least 4 members (excludes halogenated alkanes) is 1. The van der Waals surface area contributed by atoms with Crippen molar-refractivity contribution in [3.63, 3.8) is 0 Å². The van der Waals surface area contributed by atoms with E-state index < -0.39 is 0 Å². The van der Waals surface area contributed by atoms with E-state index in [1.807, 2.05) is 0 Å². The molecule has 1 fully saturated rings. The van der Waals surface area contributed by atoms with Crippen LogP contribution in [0.15, 0.2) is 0 Å². The van der Waals surface area contributed by atoms with Crippen LogP contribution in [0.4, 0.5) is 0 Å². The highest BCUT2D eigenvalue weighted by Gasteiger charge is 2.17. The summed E-state index contributed by atoms with van der Waals surface area (Å²) in [6, 6.07) is 0. The molecule has 0 aliphatic carbocycles. The van der Waals surface area contributed by atoms with Crippen molar-refractivity contribution < 1.29 is 4.74 Å². The highest BCUT2D eigenvalue weighted by atomic mass is 16.5. The zero-order valence-corrected chi connectivity index (χ0v) is 10.3. The fourth-order valence-corrected chi connectivity index (χ4v) is 1.99. The highest BCUT2D eigenvalue weighted by Crippen LogP contribution is 2.08. The lowest BCUT2D eigenvalue weighted by atomic mass is 10.2. The Kier molecular flexibility index (Phi) is 6.98. The van der Waals surface area contributed by atoms with Crippen LogP contribution in [-0.4, -0.2) is 50.3 Å². The maximum absolute atomic E-state index is 5.65. The molecular formula is C12H26N2O.